The minimum absolute atomic E-state index is 0.0111. The first kappa shape index (κ1) is 10.9. The Bertz CT molecular complexity index is 652. The summed E-state index contributed by atoms with van der Waals surface area (Å²) < 4.78 is 2.70. The van der Waals surface area contributed by atoms with E-state index < -0.39 is 0 Å². The number of hydrogen-bond donors (Lipinski definition) is 0. The van der Waals surface area contributed by atoms with Crippen LogP contribution in [-0.2, 0) is 6.54 Å². The van der Waals surface area contributed by atoms with E-state index in [1.807, 2.05) is 23.6 Å². The molecule has 0 saturated heterocycles. The van der Waals surface area contributed by atoms with E-state index in [0.29, 0.717) is 5.39 Å². The van der Waals surface area contributed by atoms with Crippen molar-refractivity contribution in [2.75, 3.05) is 0 Å². The lowest BCUT2D eigenvalue weighted by atomic mass is 10.2. The number of nitrogens with zero attached hydrogens (tertiary/aromatic N) is 2. The van der Waals surface area contributed by atoms with Crippen molar-refractivity contribution in [3.05, 3.63) is 44.7 Å². The molecule has 0 saturated carbocycles. The Hall–Kier alpha value is -1.60. The predicted octanol–water partition coefficient (Wildman–Crippen LogP) is 2.60. The van der Waals surface area contributed by atoms with E-state index in [2.05, 4.69) is 22.0 Å². The normalized spacial score (nSPS) is 10.3. The highest BCUT2D eigenvalue weighted by Gasteiger charge is 2.06. The third-order valence-electron chi connectivity index (χ3n) is 2.51. The average molecular weight is 277 g/mol. The van der Waals surface area contributed by atoms with E-state index in [0.717, 1.165) is 15.7 Å². The van der Waals surface area contributed by atoms with Crippen LogP contribution < -0.4 is 5.43 Å². The Balaban J connectivity index is 2.91. The maximum absolute atomic E-state index is 11.8. The van der Waals surface area contributed by atoms with Crippen molar-refractivity contribution in [3.63, 3.8) is 0 Å². The molecule has 0 amide bonds. The molecule has 16 heavy (non-hydrogen) atoms. The topological polar surface area (TPSA) is 45.8 Å². The monoisotopic (exact) mass is 276 g/mol. The predicted molar refractivity (Wildman–Crippen MR) is 66.3 cm³/mol. The zero-order valence-electron chi connectivity index (χ0n) is 8.70. The van der Waals surface area contributed by atoms with Gasteiger partial charge in [-0.1, -0.05) is 15.9 Å². The lowest BCUT2D eigenvalue weighted by Gasteiger charge is -2.10. The first-order valence-electron chi connectivity index (χ1n) is 4.80. The van der Waals surface area contributed by atoms with Crippen LogP contribution in [0.25, 0.3) is 10.9 Å². The summed E-state index contributed by atoms with van der Waals surface area (Å²) in [5.41, 5.74) is 1.60. The van der Waals surface area contributed by atoms with Gasteiger partial charge in [0.2, 0.25) is 0 Å². The summed E-state index contributed by atoms with van der Waals surface area (Å²) in [5, 5.41) is 9.40. The van der Waals surface area contributed by atoms with Crippen molar-refractivity contribution < 1.29 is 0 Å². The van der Waals surface area contributed by atoms with Crippen LogP contribution in [0.15, 0.2) is 33.5 Å². The third-order valence-corrected chi connectivity index (χ3v) is 3.00. The van der Waals surface area contributed by atoms with E-state index in [-0.39, 0.29) is 12.0 Å². The molecule has 0 unspecified atom stereocenters. The van der Waals surface area contributed by atoms with E-state index in [1.165, 1.54) is 0 Å². The minimum atomic E-state index is -0.0111. The number of benzene rings is 1. The summed E-state index contributed by atoms with van der Waals surface area (Å²) in [6.07, 6.45) is 0. The first-order chi connectivity index (χ1) is 7.63. The molecule has 4 heteroatoms. The van der Waals surface area contributed by atoms with Crippen LogP contribution >= 0.6 is 15.9 Å². The standard InChI is InChI=1S/C12H9BrN2O/c1-8-6-12(16)10-7-9(13)2-3-11(10)15(8)5-4-14/h2-3,6-7H,5H2,1H3. The summed E-state index contributed by atoms with van der Waals surface area (Å²) >= 11 is 3.34. The molecule has 1 aromatic heterocycles. The largest absolute Gasteiger partial charge is 0.331 e. The molecule has 0 fully saturated rings. The number of halogens is 1. The van der Waals surface area contributed by atoms with Crippen molar-refractivity contribution in [1.82, 2.24) is 4.57 Å². The summed E-state index contributed by atoms with van der Waals surface area (Å²) in [5.74, 6) is 0. The zero-order valence-corrected chi connectivity index (χ0v) is 10.3. The van der Waals surface area contributed by atoms with Gasteiger partial charge in [-0.25, -0.2) is 0 Å². The molecular weight excluding hydrogens is 268 g/mol. The number of fused-ring (bicyclic) bond motifs is 1. The highest BCUT2D eigenvalue weighted by molar-refractivity contribution is 9.10. The maximum Gasteiger partial charge on any atom is 0.189 e. The van der Waals surface area contributed by atoms with Gasteiger partial charge in [-0.05, 0) is 25.1 Å². The van der Waals surface area contributed by atoms with Gasteiger partial charge in [-0.3, -0.25) is 4.79 Å². The molecule has 80 valence electrons. The van der Waals surface area contributed by atoms with Crippen LogP contribution in [0.1, 0.15) is 5.69 Å². The van der Waals surface area contributed by atoms with Gasteiger partial charge < -0.3 is 4.57 Å². The van der Waals surface area contributed by atoms with E-state index in [4.69, 9.17) is 5.26 Å². The second-order valence-corrected chi connectivity index (χ2v) is 4.47. The summed E-state index contributed by atoms with van der Waals surface area (Å²) in [6, 6.07) is 9.17. The fraction of sp³-hybridized carbons (Fsp3) is 0.167. The molecule has 0 aliphatic carbocycles. The van der Waals surface area contributed by atoms with E-state index in [9.17, 15) is 4.79 Å². The molecule has 0 aliphatic rings. The Morgan fingerprint density at radius 3 is 2.88 bits per heavy atom. The highest BCUT2D eigenvalue weighted by Crippen LogP contribution is 2.18. The number of aromatic nitrogens is 1. The van der Waals surface area contributed by atoms with E-state index in [1.54, 1.807) is 12.1 Å². The zero-order chi connectivity index (χ0) is 11.7. The van der Waals surface area contributed by atoms with Gasteiger partial charge in [0, 0.05) is 21.6 Å². The molecule has 0 bridgehead atoms. The van der Waals surface area contributed by atoms with Crippen LogP contribution in [0.2, 0.25) is 0 Å². The van der Waals surface area contributed by atoms with Crippen LogP contribution in [-0.4, -0.2) is 4.57 Å². The summed E-state index contributed by atoms with van der Waals surface area (Å²) in [7, 11) is 0. The number of pyridine rings is 1. The van der Waals surface area contributed by atoms with Crippen molar-refractivity contribution >= 4 is 26.8 Å². The molecule has 3 nitrogen and oxygen atoms in total. The SMILES string of the molecule is Cc1cc(=O)c2cc(Br)ccc2n1CC#N. The lowest BCUT2D eigenvalue weighted by Crippen LogP contribution is -2.11. The number of nitriles is 1. The molecule has 0 N–H and O–H groups in total. The third kappa shape index (κ3) is 1.74. The van der Waals surface area contributed by atoms with Crippen LogP contribution in [0.4, 0.5) is 0 Å². The minimum Gasteiger partial charge on any atom is -0.331 e. The highest BCUT2D eigenvalue weighted by atomic mass is 79.9. The Morgan fingerprint density at radius 2 is 2.19 bits per heavy atom. The molecule has 2 rings (SSSR count). The van der Waals surface area contributed by atoms with Crippen LogP contribution in [0.3, 0.4) is 0 Å². The van der Waals surface area contributed by atoms with Crippen LogP contribution in [0, 0.1) is 18.3 Å². The molecule has 0 radical (unpaired) electrons. The molecular formula is C12H9BrN2O. The van der Waals surface area contributed by atoms with Crippen molar-refractivity contribution in [3.8, 4) is 6.07 Å². The van der Waals surface area contributed by atoms with Crippen molar-refractivity contribution in [2.45, 2.75) is 13.5 Å². The lowest BCUT2D eigenvalue weighted by molar-refractivity contribution is 0.823. The molecule has 0 spiro atoms. The number of rotatable bonds is 1. The molecule has 1 heterocycles. The summed E-state index contributed by atoms with van der Waals surface area (Å²) in [4.78, 5) is 11.8. The Morgan fingerprint density at radius 1 is 1.44 bits per heavy atom. The Labute approximate surface area is 101 Å². The number of aryl methyl sites for hydroxylation is 1. The Kier molecular flexibility index (Phi) is 2.80. The van der Waals surface area contributed by atoms with Crippen molar-refractivity contribution in [1.29, 1.82) is 5.26 Å². The first-order valence-corrected chi connectivity index (χ1v) is 5.59. The van der Waals surface area contributed by atoms with Gasteiger partial charge in [-0.2, -0.15) is 5.26 Å². The van der Waals surface area contributed by atoms with Crippen LogP contribution in [0.5, 0.6) is 0 Å². The quantitative estimate of drug-likeness (QED) is 0.804. The number of hydrogen-bond acceptors (Lipinski definition) is 2. The summed E-state index contributed by atoms with van der Waals surface area (Å²) in [6.45, 7) is 2.09. The average Bonchev–Trinajstić information content (AvgIpc) is 2.24. The van der Waals surface area contributed by atoms with E-state index >= 15 is 0 Å². The second-order valence-electron chi connectivity index (χ2n) is 3.56. The molecule has 0 atom stereocenters. The maximum atomic E-state index is 11.8. The van der Waals surface area contributed by atoms with Gasteiger partial charge in [0.15, 0.2) is 5.43 Å². The van der Waals surface area contributed by atoms with Gasteiger partial charge in [0.1, 0.15) is 6.54 Å². The molecule has 2 aromatic rings. The van der Waals surface area contributed by atoms with Gasteiger partial charge in [0.05, 0.1) is 11.6 Å². The fourth-order valence-electron chi connectivity index (χ4n) is 1.76. The smallest absolute Gasteiger partial charge is 0.189 e. The fourth-order valence-corrected chi connectivity index (χ4v) is 2.12. The van der Waals surface area contributed by atoms with Gasteiger partial charge in [-0.15, -0.1) is 0 Å². The van der Waals surface area contributed by atoms with Gasteiger partial charge in [0.25, 0.3) is 0 Å². The molecule has 1 aromatic carbocycles. The molecule has 0 aliphatic heterocycles. The van der Waals surface area contributed by atoms with Crippen molar-refractivity contribution in [2.24, 2.45) is 0 Å². The van der Waals surface area contributed by atoms with Gasteiger partial charge >= 0.3 is 0 Å². The second kappa shape index (κ2) is 4.11.